The first-order chi connectivity index (χ1) is 61.5. The molecular weight excluding hydrogens is 1670 g/mol. The third-order valence-electron chi connectivity index (χ3n) is 23.2. The van der Waals surface area contributed by atoms with E-state index in [-0.39, 0.29) is 77.4 Å². The maximum atomic E-state index is 12.9. The Labute approximate surface area is 756 Å². The van der Waals surface area contributed by atoms with Gasteiger partial charge in [0.15, 0.2) is 50.1 Å². The molecule has 0 bridgehead atoms. The summed E-state index contributed by atoms with van der Waals surface area (Å²) in [5, 5.41) is 92.1. The number of carbonyl (C=O) groups excluding carboxylic acids is 9. The Kier molecular flexibility index (Phi) is 48.2. The molecule has 9 N–H and O–H groups in total. The largest absolute Gasteiger partial charge is 0.550 e. The van der Waals surface area contributed by atoms with Gasteiger partial charge in [-0.25, -0.2) is 18.7 Å². The molecule has 710 valence electrons. The SMILES string of the molecule is CC(=O)[O-].CC(=O)[O-].CCCC(=O)Nc1cc(C[n+]2ccc(CC(CCCCCCCCC(=O)N(C)CC3(COC(C)=O)CCCC3)=NC#N)cc2)ccc1O[C@@H]1O[C@H](C(=O)OC)[C@@H](OC(C)=O)[C@H](C)[C@H]1C.CN(CC1(CO)CCCC1)C(=O)CCCCCCCCC(Cc1cc[n+](Cc2ccc(O[C@@H]3O[C@H](C(=O)O)[C@@H](O)[C@H](O)[C@H]3O)c(NC(=O)CCN)c2)cc1)=NC#N. The molecule has 2 aliphatic heterocycles. The average Bonchev–Trinajstić information content (AvgIpc) is 1.43. The van der Waals surface area contributed by atoms with E-state index in [1.165, 1.54) is 27.0 Å². The maximum absolute atomic E-state index is 12.9. The molecule has 2 saturated carbocycles. The summed E-state index contributed by atoms with van der Waals surface area (Å²) in [5.41, 5.74) is 11.3. The molecule has 35 heteroatoms. The Morgan fingerprint density at radius 3 is 1.37 bits per heavy atom. The van der Waals surface area contributed by atoms with E-state index < -0.39 is 85.0 Å². The predicted octanol–water partition coefficient (Wildman–Crippen LogP) is 7.10. The van der Waals surface area contributed by atoms with Gasteiger partial charge in [-0.3, -0.25) is 28.8 Å². The van der Waals surface area contributed by atoms with Crippen LogP contribution in [0.5, 0.6) is 11.5 Å². The fraction of sp³-hybridized carbons (Fsp3) is 0.617. The number of rotatable bonds is 46. The first-order valence-corrected chi connectivity index (χ1v) is 44.7. The molecule has 0 spiro atoms. The van der Waals surface area contributed by atoms with Crippen molar-refractivity contribution >= 4 is 82.2 Å². The van der Waals surface area contributed by atoms with Gasteiger partial charge < -0.3 is 105 Å². The lowest BCUT2D eigenvalue weighted by molar-refractivity contribution is -0.688. The number of nitrogens with one attached hydrogen (secondary N) is 2. The number of carboxylic acids is 3. The number of esters is 3. The summed E-state index contributed by atoms with van der Waals surface area (Å²) >= 11 is 0. The fourth-order valence-corrected chi connectivity index (χ4v) is 16.1. The zero-order chi connectivity index (χ0) is 95.2. The smallest absolute Gasteiger partial charge is 0.339 e. The second-order valence-electron chi connectivity index (χ2n) is 34.0. The lowest BCUT2D eigenvalue weighted by Gasteiger charge is -2.42. The summed E-state index contributed by atoms with van der Waals surface area (Å²) in [6, 6.07) is 18.4. The van der Waals surface area contributed by atoms with Crippen molar-refractivity contribution in [1.82, 2.24) is 9.80 Å². The Bertz CT molecular complexity index is 4370. The summed E-state index contributed by atoms with van der Waals surface area (Å²) in [7, 11) is 4.95. The molecule has 4 heterocycles. The zero-order valence-electron chi connectivity index (χ0n) is 76.5. The van der Waals surface area contributed by atoms with Crippen molar-refractivity contribution in [1.29, 1.82) is 10.5 Å². The number of aliphatic imine (C=N–C) groups is 2. The minimum absolute atomic E-state index is 0.0149. The number of methoxy groups -OCH3 is 1. The van der Waals surface area contributed by atoms with E-state index in [0.29, 0.717) is 89.2 Å². The van der Waals surface area contributed by atoms with E-state index in [9.17, 15) is 74.4 Å². The number of unbranched alkanes of at least 4 members (excludes halogenated alkanes) is 10. The number of hydrogen-bond acceptors (Lipinski definition) is 28. The van der Waals surface area contributed by atoms with Gasteiger partial charge in [0.05, 0.1) is 31.7 Å². The van der Waals surface area contributed by atoms with Crippen LogP contribution in [0.1, 0.15) is 244 Å². The highest BCUT2D eigenvalue weighted by atomic mass is 16.7. The van der Waals surface area contributed by atoms with Crippen molar-refractivity contribution in [2.75, 3.05) is 64.7 Å². The first-order valence-electron chi connectivity index (χ1n) is 44.7. The third-order valence-corrected chi connectivity index (χ3v) is 23.2. The topological polar surface area (TPSA) is 519 Å². The van der Waals surface area contributed by atoms with E-state index in [2.05, 4.69) is 20.6 Å². The number of aliphatic hydroxyl groups is 4. The van der Waals surface area contributed by atoms with Gasteiger partial charge in [-0.2, -0.15) is 20.5 Å². The van der Waals surface area contributed by atoms with Crippen LogP contribution in [0, 0.1) is 45.6 Å². The van der Waals surface area contributed by atoms with Gasteiger partial charge in [-0.15, -0.1) is 0 Å². The maximum Gasteiger partial charge on any atom is 0.339 e. The van der Waals surface area contributed by atoms with Gasteiger partial charge in [-0.1, -0.05) is 97.8 Å². The number of nitriles is 2. The fourth-order valence-electron chi connectivity index (χ4n) is 16.1. The molecule has 4 aromatic rings. The number of aliphatic hydroxyl groups excluding tert-OH is 4. The number of benzene rings is 2. The van der Waals surface area contributed by atoms with Crippen molar-refractivity contribution in [3.8, 4) is 23.9 Å². The highest BCUT2D eigenvalue weighted by Gasteiger charge is 2.50. The molecule has 2 saturated heterocycles. The molecule has 2 aliphatic carbocycles. The molecule has 4 fully saturated rings. The van der Waals surface area contributed by atoms with Gasteiger partial charge in [0.2, 0.25) is 48.6 Å². The number of carbonyl (C=O) groups is 10. The number of amides is 4. The minimum Gasteiger partial charge on any atom is -0.550 e. The van der Waals surface area contributed by atoms with Crippen LogP contribution in [0.2, 0.25) is 0 Å². The number of carboxylic acid groups (broad SMARTS) is 3. The number of pyridine rings is 2. The number of ether oxygens (including phenoxy) is 7. The highest BCUT2D eigenvalue weighted by molar-refractivity contribution is 5.93. The molecule has 2 aromatic heterocycles. The summed E-state index contributed by atoms with van der Waals surface area (Å²) < 4.78 is 43.1. The number of hydrogen-bond donors (Lipinski definition) is 8. The van der Waals surface area contributed by atoms with Crippen molar-refractivity contribution in [2.24, 2.45) is 38.4 Å². The van der Waals surface area contributed by atoms with Crippen LogP contribution in [-0.2, 0) is 97.6 Å². The Morgan fingerprint density at radius 2 is 0.969 bits per heavy atom. The van der Waals surface area contributed by atoms with Crippen LogP contribution >= 0.6 is 0 Å². The van der Waals surface area contributed by atoms with Crippen LogP contribution in [0.15, 0.2) is 95.4 Å². The van der Waals surface area contributed by atoms with Crippen LogP contribution in [0.25, 0.3) is 0 Å². The second-order valence-corrected chi connectivity index (χ2v) is 34.0. The van der Waals surface area contributed by atoms with Crippen molar-refractivity contribution < 1.29 is 126 Å². The van der Waals surface area contributed by atoms with Crippen LogP contribution < -0.4 is 45.2 Å². The summed E-state index contributed by atoms with van der Waals surface area (Å²) in [4.78, 5) is 128. The Hall–Kier alpha value is -10.9. The molecule has 2 aromatic carbocycles. The number of aromatic nitrogens is 2. The molecule has 8 rings (SSSR count). The highest BCUT2D eigenvalue weighted by Crippen LogP contribution is 2.42. The van der Waals surface area contributed by atoms with Crippen molar-refractivity contribution in [3.63, 3.8) is 0 Å². The molecule has 4 amide bonds. The third kappa shape index (κ3) is 38.7. The number of aliphatic carboxylic acids is 3. The molecule has 129 heavy (non-hydrogen) atoms. The number of nitrogens with zero attached hydrogens (tertiary/aromatic N) is 8. The lowest BCUT2D eigenvalue weighted by atomic mass is 9.84. The zero-order valence-corrected chi connectivity index (χ0v) is 76.5. The molecule has 0 unspecified atom stereocenters. The standard InChI is InChI=1S/C49H69N5O10.C41H58N6O10.2C2H4O2/c1-8-17-43(57)52-41-29-39(20-21-42(41)63-48-35(3)34(2)45(62-37(5)56)46(64-48)47(59)60-7)30-54-26-22-38(23-27-54)28-40(51-33-50)18-13-11-9-10-12-14-19-44(58)53(6)31-49(24-15-16-25-49)32-61-36(4)55;1-46(25-41(26-48)17-8-9-18-41)34(50)11-7-5-3-2-4-6-10-30(44-27-43)22-28-15-20-47(21-16-28)24-29-12-13-32(31(23-29)45-33(49)14-19-42)56-40-37(53)35(51)36(52)38(57-40)39(54)55;2*1-2(3)4/h20-23,26-27,29,34-35,45-46,48H,8-19,24-25,28,30-32H2,1-7H3;12-13,15-16,20-21,23,35-38,40,48,51-53H,2-11,14,17-19,22,24-26,42H2,1H3,(H-,45,49,54,55);2*1H3,(H,3,4)/t34-,35-,45+,46+,48-;35-,36-,37+,38-,40+;;/m10../s1. The molecule has 35 nitrogen and oxygen atoms in total. The summed E-state index contributed by atoms with van der Waals surface area (Å²) in [5.74, 6) is -5.69. The summed E-state index contributed by atoms with van der Waals surface area (Å²) in [6.07, 6.45) is 24.4. The number of nitrogens with two attached hydrogens (primary N) is 1. The normalized spacial score (nSPS) is 20.1. The van der Waals surface area contributed by atoms with E-state index in [1.807, 2.05) is 122 Å². The van der Waals surface area contributed by atoms with E-state index in [4.69, 9.17) is 58.7 Å². The Balaban J connectivity index is 0.000000424. The van der Waals surface area contributed by atoms with Gasteiger partial charge in [0.1, 0.15) is 35.9 Å². The predicted molar refractivity (Wildman–Crippen MR) is 470 cm³/mol. The molecule has 10 atom stereocenters. The molecule has 0 radical (unpaired) electrons. The van der Waals surface area contributed by atoms with Gasteiger partial charge in [0.25, 0.3) is 0 Å². The monoisotopic (exact) mass is 1800 g/mol. The Morgan fingerprint density at radius 1 is 0.558 bits per heavy atom. The molecule has 4 aliphatic rings. The second kappa shape index (κ2) is 57.2. The van der Waals surface area contributed by atoms with E-state index >= 15 is 0 Å². The molecular formula is C94H135N11O24. The quantitative estimate of drug-likeness (QED) is 0.00546. The van der Waals surface area contributed by atoms with Gasteiger partial charge in [-0.05, 0) is 132 Å². The van der Waals surface area contributed by atoms with Gasteiger partial charge in [0, 0.05) is 168 Å². The van der Waals surface area contributed by atoms with Crippen LogP contribution in [0.4, 0.5) is 11.4 Å². The summed E-state index contributed by atoms with van der Waals surface area (Å²) in [6.45, 7) is 13.1. The van der Waals surface area contributed by atoms with Crippen molar-refractivity contribution in [2.45, 2.75) is 297 Å². The van der Waals surface area contributed by atoms with E-state index in [1.54, 1.807) is 23.1 Å². The van der Waals surface area contributed by atoms with Crippen molar-refractivity contribution in [3.05, 3.63) is 108 Å². The minimum atomic E-state index is -1.88. The lowest BCUT2D eigenvalue weighted by Crippen LogP contribution is -2.61. The average molecular weight is 1800 g/mol. The van der Waals surface area contributed by atoms with E-state index in [0.717, 1.165) is 182 Å². The number of anilines is 2. The van der Waals surface area contributed by atoms with Crippen LogP contribution in [0.3, 0.4) is 0 Å². The van der Waals surface area contributed by atoms with Gasteiger partial charge >= 0.3 is 23.9 Å². The van der Waals surface area contributed by atoms with Crippen LogP contribution in [-0.4, -0.2) is 209 Å². The first kappa shape index (κ1) is 109.